The maximum absolute atomic E-state index is 10.7. The molecule has 3 nitrogen and oxygen atoms in total. The summed E-state index contributed by atoms with van der Waals surface area (Å²) in [5.74, 6) is 0. The highest BCUT2D eigenvalue weighted by molar-refractivity contribution is 7.86. The van der Waals surface area contributed by atoms with Crippen LogP contribution >= 0.6 is 0 Å². The average molecular weight is 304 g/mol. The van der Waals surface area contributed by atoms with Gasteiger partial charge in [0.15, 0.2) is 0 Å². The van der Waals surface area contributed by atoms with E-state index < -0.39 is 15.6 Å². The number of alkyl halides is 3. The van der Waals surface area contributed by atoms with Crippen LogP contribution in [0.5, 0.6) is 0 Å². The first-order chi connectivity index (χ1) is 9.22. The molecule has 0 spiro atoms. The molecule has 0 bridgehead atoms. The molecule has 1 N–H and O–H groups in total. The minimum atomic E-state index is -5.84. The van der Waals surface area contributed by atoms with E-state index in [1.54, 1.807) is 0 Å². The maximum Gasteiger partial charge on any atom is 0.522 e. The van der Waals surface area contributed by atoms with Gasteiger partial charge in [0, 0.05) is 0 Å². The Labute approximate surface area is 114 Å². The Morgan fingerprint density at radius 2 is 1.00 bits per heavy atom. The van der Waals surface area contributed by atoms with E-state index in [9.17, 15) is 13.2 Å². The third-order valence-electron chi connectivity index (χ3n) is 2.17. The molecule has 0 heterocycles. The molecular weight excluding hydrogens is 293 g/mol. The lowest BCUT2D eigenvalue weighted by molar-refractivity contribution is -0.0510. The second-order valence-electron chi connectivity index (χ2n) is 3.65. The van der Waals surface area contributed by atoms with Crippen LogP contribution in [0.1, 0.15) is 0 Å². The molecule has 2 aromatic carbocycles. The van der Waals surface area contributed by atoms with Gasteiger partial charge in [-0.3, -0.25) is 4.55 Å². The highest BCUT2D eigenvalue weighted by atomic mass is 32.2. The molecule has 2 rings (SSSR count). The smallest absolute Gasteiger partial charge is 0.279 e. The van der Waals surface area contributed by atoms with Crippen LogP contribution in [0.4, 0.5) is 13.2 Å². The number of hydrogen-bond acceptors (Lipinski definition) is 2. The first-order valence-corrected chi connectivity index (χ1v) is 6.80. The van der Waals surface area contributed by atoms with E-state index in [-0.39, 0.29) is 0 Å². The summed E-state index contributed by atoms with van der Waals surface area (Å²) in [5, 5.41) is 0. The number of halogens is 3. The SMILES string of the molecule is O=S(=O)(O)C(F)(F)F.c1ccc(-c2ccccc2)cc1. The van der Waals surface area contributed by atoms with Crippen molar-refractivity contribution in [3.8, 4) is 11.1 Å². The van der Waals surface area contributed by atoms with Crippen LogP contribution in [0.3, 0.4) is 0 Å². The second kappa shape index (κ2) is 6.53. The van der Waals surface area contributed by atoms with Gasteiger partial charge in [-0.05, 0) is 11.1 Å². The van der Waals surface area contributed by atoms with E-state index in [1.165, 1.54) is 11.1 Å². The van der Waals surface area contributed by atoms with Crippen molar-refractivity contribution in [2.24, 2.45) is 0 Å². The van der Waals surface area contributed by atoms with Crippen LogP contribution in [-0.4, -0.2) is 18.5 Å². The van der Waals surface area contributed by atoms with Gasteiger partial charge in [0.25, 0.3) is 0 Å². The van der Waals surface area contributed by atoms with Gasteiger partial charge in [-0.2, -0.15) is 21.6 Å². The minimum absolute atomic E-state index is 1.28. The summed E-state index contributed by atoms with van der Waals surface area (Å²) in [6.45, 7) is 0. The molecule has 0 aliphatic carbocycles. The summed E-state index contributed by atoms with van der Waals surface area (Å²) in [6.07, 6.45) is 0. The largest absolute Gasteiger partial charge is 0.522 e. The Morgan fingerprint density at radius 3 is 1.20 bits per heavy atom. The van der Waals surface area contributed by atoms with Crippen molar-refractivity contribution < 1.29 is 26.1 Å². The lowest BCUT2D eigenvalue weighted by Crippen LogP contribution is -2.21. The predicted octanol–water partition coefficient (Wildman–Crippen LogP) is 3.75. The molecule has 0 aliphatic heterocycles. The van der Waals surface area contributed by atoms with E-state index in [0.717, 1.165) is 0 Å². The van der Waals surface area contributed by atoms with Gasteiger partial charge in [-0.25, -0.2) is 0 Å². The Balaban J connectivity index is 0.000000221. The Morgan fingerprint density at radius 1 is 0.750 bits per heavy atom. The average Bonchev–Trinajstić information content (AvgIpc) is 2.39. The Bertz CT molecular complexity index is 585. The van der Waals surface area contributed by atoms with E-state index in [2.05, 4.69) is 48.5 Å². The summed E-state index contributed by atoms with van der Waals surface area (Å²) in [5.41, 5.74) is -2.98. The highest BCUT2D eigenvalue weighted by Crippen LogP contribution is 2.20. The van der Waals surface area contributed by atoms with E-state index in [1.807, 2.05) is 12.1 Å². The van der Waals surface area contributed by atoms with Gasteiger partial charge in [0.1, 0.15) is 0 Å². The van der Waals surface area contributed by atoms with E-state index in [0.29, 0.717) is 0 Å². The number of benzene rings is 2. The Hall–Kier alpha value is -1.86. The molecule has 108 valence electrons. The van der Waals surface area contributed by atoms with Crippen LogP contribution in [0, 0.1) is 0 Å². The molecule has 0 saturated heterocycles. The highest BCUT2D eigenvalue weighted by Gasteiger charge is 2.44. The van der Waals surface area contributed by atoms with Gasteiger partial charge in [-0.1, -0.05) is 60.7 Å². The molecule has 2 aromatic rings. The topological polar surface area (TPSA) is 54.4 Å². The molecule has 0 fully saturated rings. The zero-order valence-corrected chi connectivity index (χ0v) is 10.9. The molecule has 0 saturated carbocycles. The van der Waals surface area contributed by atoms with Crippen molar-refractivity contribution in [3.63, 3.8) is 0 Å². The first kappa shape index (κ1) is 16.2. The van der Waals surface area contributed by atoms with Crippen LogP contribution in [0.2, 0.25) is 0 Å². The molecule has 0 unspecified atom stereocenters. The molecule has 0 aromatic heterocycles. The summed E-state index contributed by atoms with van der Waals surface area (Å²) < 4.78 is 57.5. The van der Waals surface area contributed by atoms with Crippen molar-refractivity contribution in [2.45, 2.75) is 5.51 Å². The molecule has 0 amide bonds. The van der Waals surface area contributed by atoms with Crippen molar-refractivity contribution >= 4 is 10.1 Å². The maximum atomic E-state index is 10.7. The number of rotatable bonds is 1. The predicted molar refractivity (Wildman–Crippen MR) is 69.5 cm³/mol. The quantitative estimate of drug-likeness (QED) is 0.645. The fraction of sp³-hybridized carbons (Fsp3) is 0.0769. The van der Waals surface area contributed by atoms with Crippen LogP contribution in [0.15, 0.2) is 60.7 Å². The molecule has 0 atom stereocenters. The van der Waals surface area contributed by atoms with Crippen molar-refractivity contribution in [1.29, 1.82) is 0 Å². The third-order valence-corrected chi connectivity index (χ3v) is 2.76. The Kier molecular flexibility index (Phi) is 5.29. The zero-order valence-electron chi connectivity index (χ0n) is 10.1. The minimum Gasteiger partial charge on any atom is -0.279 e. The first-order valence-electron chi connectivity index (χ1n) is 5.36. The van der Waals surface area contributed by atoms with Crippen molar-refractivity contribution in [3.05, 3.63) is 60.7 Å². The summed E-state index contributed by atoms with van der Waals surface area (Å²) in [7, 11) is -5.84. The van der Waals surface area contributed by atoms with Crippen LogP contribution < -0.4 is 0 Å². The van der Waals surface area contributed by atoms with Gasteiger partial charge in [0.05, 0.1) is 0 Å². The van der Waals surface area contributed by atoms with E-state index in [4.69, 9.17) is 13.0 Å². The van der Waals surface area contributed by atoms with Crippen molar-refractivity contribution in [1.82, 2.24) is 0 Å². The molecule has 0 radical (unpaired) electrons. The molecular formula is C13H11F3O3S. The fourth-order valence-electron chi connectivity index (χ4n) is 1.26. The van der Waals surface area contributed by atoms with Gasteiger partial charge in [-0.15, -0.1) is 0 Å². The van der Waals surface area contributed by atoms with E-state index >= 15 is 0 Å². The fourth-order valence-corrected chi connectivity index (χ4v) is 1.26. The third kappa shape index (κ3) is 5.02. The van der Waals surface area contributed by atoms with Gasteiger partial charge in [0.2, 0.25) is 0 Å². The standard InChI is InChI=1S/C12H10.CHF3O3S/c1-3-7-11(8-4-1)12-9-5-2-6-10-12;2-1(3,4)8(5,6)7/h1-10H;(H,5,6,7). The summed E-state index contributed by atoms with van der Waals surface area (Å²) >= 11 is 0. The molecule has 20 heavy (non-hydrogen) atoms. The zero-order chi connectivity index (χ0) is 15.2. The lowest BCUT2D eigenvalue weighted by atomic mass is 10.1. The second-order valence-corrected chi connectivity index (χ2v) is 5.07. The van der Waals surface area contributed by atoms with Crippen LogP contribution in [-0.2, 0) is 10.1 Å². The number of hydrogen-bond donors (Lipinski definition) is 1. The molecule has 0 aliphatic rings. The van der Waals surface area contributed by atoms with Crippen LogP contribution in [0.25, 0.3) is 11.1 Å². The van der Waals surface area contributed by atoms with Gasteiger partial charge < -0.3 is 0 Å². The molecule has 7 heteroatoms. The summed E-state index contributed by atoms with van der Waals surface area (Å²) in [4.78, 5) is 0. The normalized spacial score (nSPS) is 11.4. The lowest BCUT2D eigenvalue weighted by Gasteiger charge is -1.98. The van der Waals surface area contributed by atoms with Crippen molar-refractivity contribution in [2.75, 3.05) is 0 Å². The van der Waals surface area contributed by atoms with Gasteiger partial charge >= 0.3 is 15.6 Å². The monoisotopic (exact) mass is 304 g/mol. The summed E-state index contributed by atoms with van der Waals surface area (Å²) in [6, 6.07) is 20.8.